The topological polar surface area (TPSA) is 58.9 Å². The molecule has 3 nitrogen and oxygen atoms in total. The van der Waals surface area contributed by atoms with Crippen LogP contribution < -0.4 is 11.3 Å². The van der Waals surface area contributed by atoms with Crippen molar-refractivity contribution in [2.45, 2.75) is 6.54 Å². The molecule has 0 saturated heterocycles. The number of fused-ring (bicyclic) bond motifs is 1. The lowest BCUT2D eigenvalue weighted by Gasteiger charge is -2.02. The molecule has 15 heavy (non-hydrogen) atoms. The number of pyridine rings is 1. The highest BCUT2D eigenvalue weighted by Crippen LogP contribution is 2.16. The van der Waals surface area contributed by atoms with Gasteiger partial charge in [0.15, 0.2) is 0 Å². The van der Waals surface area contributed by atoms with Gasteiger partial charge in [0.25, 0.3) is 5.56 Å². The number of H-pyrrole nitrogens is 1. The number of rotatable bonds is 1. The maximum atomic E-state index is 13.2. The first-order valence-corrected chi connectivity index (χ1v) is 4.33. The van der Waals surface area contributed by atoms with Gasteiger partial charge in [-0.2, -0.15) is 0 Å². The molecule has 1 heterocycles. The lowest BCUT2D eigenvalue weighted by molar-refractivity contribution is 0.590. The summed E-state index contributed by atoms with van der Waals surface area (Å²) in [4.78, 5) is 13.6. The minimum atomic E-state index is -0.786. The van der Waals surface area contributed by atoms with Gasteiger partial charge in [-0.05, 0) is 12.1 Å². The van der Waals surface area contributed by atoms with Gasteiger partial charge in [-0.15, -0.1) is 0 Å². The Kier molecular flexibility index (Phi) is 2.24. The highest BCUT2D eigenvalue weighted by molar-refractivity contribution is 5.79. The van der Waals surface area contributed by atoms with E-state index in [-0.39, 0.29) is 12.1 Å². The predicted octanol–water partition coefficient (Wildman–Crippen LogP) is 1.26. The Morgan fingerprint density at radius 3 is 2.67 bits per heavy atom. The summed E-state index contributed by atoms with van der Waals surface area (Å²) in [7, 11) is 0. The summed E-state index contributed by atoms with van der Waals surface area (Å²) in [6, 6.07) is 3.26. The SMILES string of the molecule is NCc1cc2cc(F)cc(F)c2[nH]c1=O. The third-order valence-corrected chi connectivity index (χ3v) is 2.17. The summed E-state index contributed by atoms with van der Waals surface area (Å²) in [6.07, 6.45) is 0. The molecule has 5 heteroatoms. The van der Waals surface area contributed by atoms with Crippen LogP contribution in [0.4, 0.5) is 8.78 Å². The van der Waals surface area contributed by atoms with Crippen molar-refractivity contribution in [3.63, 3.8) is 0 Å². The lowest BCUT2D eigenvalue weighted by Crippen LogP contribution is -2.16. The zero-order valence-electron chi connectivity index (χ0n) is 7.68. The van der Waals surface area contributed by atoms with Gasteiger partial charge < -0.3 is 10.7 Å². The van der Waals surface area contributed by atoms with Crippen molar-refractivity contribution in [2.24, 2.45) is 5.73 Å². The van der Waals surface area contributed by atoms with Gasteiger partial charge in [-0.3, -0.25) is 4.79 Å². The molecule has 0 amide bonds. The first-order chi connectivity index (χ1) is 7.11. The molecule has 3 N–H and O–H groups in total. The van der Waals surface area contributed by atoms with E-state index < -0.39 is 17.2 Å². The van der Waals surface area contributed by atoms with Crippen molar-refractivity contribution in [3.05, 3.63) is 45.8 Å². The molecule has 1 aromatic carbocycles. The molecule has 0 aliphatic carbocycles. The standard InChI is InChI=1S/C10H8F2N2O/c11-7-2-5-1-6(4-13)10(15)14-9(5)8(12)3-7/h1-3H,4,13H2,(H,14,15). The first-order valence-electron chi connectivity index (χ1n) is 4.33. The summed E-state index contributed by atoms with van der Waals surface area (Å²) in [5.41, 5.74) is 5.16. The molecule has 0 aliphatic heterocycles. The lowest BCUT2D eigenvalue weighted by atomic mass is 10.1. The Morgan fingerprint density at radius 1 is 1.27 bits per heavy atom. The number of halogens is 2. The average molecular weight is 210 g/mol. The quantitative estimate of drug-likeness (QED) is 0.744. The van der Waals surface area contributed by atoms with Crippen LogP contribution in [-0.2, 0) is 6.54 Å². The van der Waals surface area contributed by atoms with Crippen molar-refractivity contribution < 1.29 is 8.78 Å². The molecule has 0 bridgehead atoms. The molecule has 78 valence electrons. The van der Waals surface area contributed by atoms with Crippen LogP contribution in [0.1, 0.15) is 5.56 Å². The number of benzene rings is 1. The average Bonchev–Trinajstić information content (AvgIpc) is 2.18. The highest BCUT2D eigenvalue weighted by atomic mass is 19.1. The minimum absolute atomic E-state index is 0.00130. The molecule has 0 unspecified atom stereocenters. The monoisotopic (exact) mass is 210 g/mol. The van der Waals surface area contributed by atoms with E-state index in [2.05, 4.69) is 4.98 Å². The number of nitrogens with one attached hydrogen (secondary N) is 1. The molecule has 0 spiro atoms. The minimum Gasteiger partial charge on any atom is -0.326 e. The fraction of sp³-hybridized carbons (Fsp3) is 0.100. The van der Waals surface area contributed by atoms with Gasteiger partial charge in [0.2, 0.25) is 0 Å². The van der Waals surface area contributed by atoms with E-state index >= 15 is 0 Å². The predicted molar refractivity (Wildman–Crippen MR) is 52.4 cm³/mol. The Labute approximate surface area is 83.5 Å². The van der Waals surface area contributed by atoms with E-state index in [1.807, 2.05) is 0 Å². The summed E-state index contributed by atoms with van der Waals surface area (Å²) < 4.78 is 26.1. The van der Waals surface area contributed by atoms with Crippen LogP contribution in [0.25, 0.3) is 10.9 Å². The van der Waals surface area contributed by atoms with Crippen LogP contribution in [0.3, 0.4) is 0 Å². The fourth-order valence-corrected chi connectivity index (χ4v) is 1.44. The van der Waals surface area contributed by atoms with Gasteiger partial charge in [0, 0.05) is 23.6 Å². The van der Waals surface area contributed by atoms with E-state index in [0.29, 0.717) is 10.9 Å². The second kappa shape index (κ2) is 3.43. The Bertz CT molecular complexity index is 577. The molecule has 2 rings (SSSR count). The van der Waals surface area contributed by atoms with Crippen molar-refractivity contribution in [1.82, 2.24) is 4.98 Å². The van der Waals surface area contributed by atoms with Crippen LogP contribution in [0.5, 0.6) is 0 Å². The van der Waals surface area contributed by atoms with Crippen LogP contribution >= 0.6 is 0 Å². The van der Waals surface area contributed by atoms with Crippen molar-refractivity contribution in [2.75, 3.05) is 0 Å². The molecule has 1 aromatic heterocycles. The Morgan fingerprint density at radius 2 is 2.00 bits per heavy atom. The second-order valence-electron chi connectivity index (χ2n) is 3.18. The van der Waals surface area contributed by atoms with Gasteiger partial charge in [-0.25, -0.2) is 8.78 Å². The summed E-state index contributed by atoms with van der Waals surface area (Å²) in [6.45, 7) is 0.0312. The smallest absolute Gasteiger partial charge is 0.253 e. The molecule has 0 fully saturated rings. The van der Waals surface area contributed by atoms with Gasteiger partial charge in [0.1, 0.15) is 11.6 Å². The molecule has 0 atom stereocenters. The Balaban J connectivity index is 2.87. The van der Waals surface area contributed by atoms with E-state index in [0.717, 1.165) is 12.1 Å². The van der Waals surface area contributed by atoms with Crippen LogP contribution in [0.15, 0.2) is 23.0 Å². The molecule has 0 radical (unpaired) electrons. The van der Waals surface area contributed by atoms with Crippen molar-refractivity contribution in [1.29, 1.82) is 0 Å². The van der Waals surface area contributed by atoms with Crippen molar-refractivity contribution in [3.8, 4) is 0 Å². The molecule has 2 aromatic rings. The number of aromatic amines is 1. The molecular formula is C10H8F2N2O. The largest absolute Gasteiger partial charge is 0.326 e. The van der Waals surface area contributed by atoms with Crippen LogP contribution in [0.2, 0.25) is 0 Å². The molecule has 0 aliphatic rings. The third-order valence-electron chi connectivity index (χ3n) is 2.17. The summed E-state index contributed by atoms with van der Waals surface area (Å²) >= 11 is 0. The highest BCUT2D eigenvalue weighted by Gasteiger charge is 2.07. The summed E-state index contributed by atoms with van der Waals surface area (Å²) in [5, 5.41) is 0.299. The summed E-state index contributed by atoms with van der Waals surface area (Å²) in [5.74, 6) is -1.47. The van der Waals surface area contributed by atoms with E-state index in [1.165, 1.54) is 6.07 Å². The maximum absolute atomic E-state index is 13.2. The van der Waals surface area contributed by atoms with Crippen molar-refractivity contribution >= 4 is 10.9 Å². The number of nitrogens with two attached hydrogens (primary N) is 1. The first kappa shape index (κ1) is 9.79. The molecule has 0 saturated carbocycles. The van der Waals surface area contributed by atoms with Gasteiger partial charge in [-0.1, -0.05) is 0 Å². The van der Waals surface area contributed by atoms with Gasteiger partial charge >= 0.3 is 0 Å². The van der Waals surface area contributed by atoms with E-state index in [9.17, 15) is 13.6 Å². The fourth-order valence-electron chi connectivity index (χ4n) is 1.44. The van der Waals surface area contributed by atoms with E-state index in [1.54, 1.807) is 0 Å². The van der Waals surface area contributed by atoms with Crippen LogP contribution in [0, 0.1) is 11.6 Å². The zero-order valence-corrected chi connectivity index (χ0v) is 7.68. The second-order valence-corrected chi connectivity index (χ2v) is 3.18. The van der Waals surface area contributed by atoms with Gasteiger partial charge in [0.05, 0.1) is 5.52 Å². The van der Waals surface area contributed by atoms with E-state index in [4.69, 9.17) is 5.73 Å². The number of hydrogen-bond acceptors (Lipinski definition) is 2. The molecular weight excluding hydrogens is 202 g/mol. The van der Waals surface area contributed by atoms with Crippen LogP contribution in [-0.4, -0.2) is 4.98 Å². The third kappa shape index (κ3) is 1.61. The maximum Gasteiger partial charge on any atom is 0.253 e. The normalized spacial score (nSPS) is 10.9. The number of hydrogen-bond donors (Lipinski definition) is 2. The number of aromatic nitrogens is 1. The zero-order chi connectivity index (χ0) is 11.0. The Hall–Kier alpha value is -1.75.